The van der Waals surface area contributed by atoms with E-state index >= 15 is 0 Å². The van der Waals surface area contributed by atoms with Crippen molar-refractivity contribution < 1.29 is 4.74 Å². The van der Waals surface area contributed by atoms with E-state index in [0.717, 1.165) is 12.4 Å². The van der Waals surface area contributed by atoms with Gasteiger partial charge in [0.2, 0.25) is 0 Å². The summed E-state index contributed by atoms with van der Waals surface area (Å²) >= 11 is 0. The molecule has 2 nitrogen and oxygen atoms in total. The normalized spacial score (nSPS) is 19.1. The number of hydrogen-bond acceptors (Lipinski definition) is 2. The molecule has 0 aliphatic heterocycles. The topological polar surface area (TPSA) is 21.3 Å². The van der Waals surface area contributed by atoms with Gasteiger partial charge >= 0.3 is 0 Å². The summed E-state index contributed by atoms with van der Waals surface area (Å²) in [4.78, 5) is 0. The first-order chi connectivity index (χ1) is 10.3. The Bertz CT molecular complexity index is 430. The van der Waals surface area contributed by atoms with Crippen molar-refractivity contribution in [2.24, 2.45) is 5.92 Å². The maximum atomic E-state index is 6.07. The smallest absolute Gasteiger partial charge is 0.119 e. The molecule has 0 aromatic heterocycles. The number of rotatable bonds is 8. The minimum absolute atomic E-state index is 0.524. The molecule has 1 aromatic rings. The fraction of sp³-hybridized carbons (Fsp3) is 0.684. The van der Waals surface area contributed by atoms with E-state index in [4.69, 9.17) is 4.74 Å². The summed E-state index contributed by atoms with van der Waals surface area (Å²) in [5.41, 5.74) is 2.94. The van der Waals surface area contributed by atoms with Gasteiger partial charge in [0.05, 0.1) is 6.61 Å². The largest absolute Gasteiger partial charge is 0.493 e. The first kappa shape index (κ1) is 16.4. The highest BCUT2D eigenvalue weighted by molar-refractivity contribution is 5.39. The van der Waals surface area contributed by atoms with Crippen molar-refractivity contribution in [2.45, 2.75) is 64.8 Å². The van der Waals surface area contributed by atoms with E-state index < -0.39 is 0 Å². The Hall–Kier alpha value is -1.02. The third kappa shape index (κ3) is 4.47. The fourth-order valence-electron chi connectivity index (χ4n) is 3.29. The zero-order valence-corrected chi connectivity index (χ0v) is 14.0. The van der Waals surface area contributed by atoms with Crippen LogP contribution in [0.5, 0.6) is 5.75 Å². The second-order valence-corrected chi connectivity index (χ2v) is 6.32. The van der Waals surface area contributed by atoms with Gasteiger partial charge in [-0.15, -0.1) is 0 Å². The second-order valence-electron chi connectivity index (χ2n) is 6.32. The summed E-state index contributed by atoms with van der Waals surface area (Å²) in [6.07, 6.45) is 8.82. The summed E-state index contributed by atoms with van der Waals surface area (Å²) in [5, 5.41) is 3.42. The average molecular weight is 289 g/mol. The molecule has 0 saturated heterocycles. The van der Waals surface area contributed by atoms with Gasteiger partial charge in [-0.3, -0.25) is 0 Å². The van der Waals surface area contributed by atoms with Gasteiger partial charge in [0.15, 0.2) is 0 Å². The van der Waals surface area contributed by atoms with Crippen LogP contribution in [0.2, 0.25) is 0 Å². The number of aryl methyl sites for hydroxylation is 1. The number of benzene rings is 1. The minimum atomic E-state index is 0.524. The monoisotopic (exact) mass is 289 g/mol. The van der Waals surface area contributed by atoms with Crippen LogP contribution in [0.3, 0.4) is 0 Å². The maximum absolute atomic E-state index is 6.07. The molecule has 1 N–H and O–H groups in total. The first-order valence-electron chi connectivity index (χ1n) is 8.71. The average Bonchev–Trinajstić information content (AvgIpc) is 2.54. The van der Waals surface area contributed by atoms with Crippen LogP contribution in [0, 0.1) is 5.92 Å². The third-order valence-electron chi connectivity index (χ3n) is 4.81. The van der Waals surface area contributed by atoms with Gasteiger partial charge in [0, 0.05) is 6.04 Å². The molecule has 2 heteroatoms. The predicted molar refractivity (Wildman–Crippen MR) is 90.0 cm³/mol. The van der Waals surface area contributed by atoms with Gasteiger partial charge in [-0.05, 0) is 61.9 Å². The summed E-state index contributed by atoms with van der Waals surface area (Å²) in [7, 11) is 2.06. The molecule has 2 rings (SSSR count). The molecular weight excluding hydrogens is 258 g/mol. The van der Waals surface area contributed by atoms with Crippen molar-refractivity contribution in [3.8, 4) is 5.75 Å². The summed E-state index contributed by atoms with van der Waals surface area (Å²) in [5.74, 6) is 1.76. The van der Waals surface area contributed by atoms with Crippen molar-refractivity contribution in [3.63, 3.8) is 0 Å². The van der Waals surface area contributed by atoms with E-state index in [-0.39, 0.29) is 0 Å². The molecule has 0 heterocycles. The molecule has 0 bridgehead atoms. The predicted octanol–water partition coefficient (Wildman–Crippen LogP) is 4.88. The molecule has 1 aliphatic rings. The highest BCUT2D eigenvalue weighted by atomic mass is 16.5. The molecule has 0 fully saturated rings. The van der Waals surface area contributed by atoms with E-state index in [0.29, 0.717) is 12.0 Å². The molecular formula is C19H31NO. The molecule has 0 radical (unpaired) electrons. The van der Waals surface area contributed by atoms with Crippen LogP contribution < -0.4 is 10.1 Å². The molecule has 2 unspecified atom stereocenters. The Morgan fingerprint density at radius 3 is 2.90 bits per heavy atom. The summed E-state index contributed by atoms with van der Waals surface area (Å²) < 4.78 is 6.07. The van der Waals surface area contributed by atoms with Crippen LogP contribution in [-0.4, -0.2) is 13.7 Å². The molecule has 0 amide bonds. The Morgan fingerprint density at radius 2 is 2.19 bits per heavy atom. The van der Waals surface area contributed by atoms with Crippen LogP contribution in [0.4, 0.5) is 0 Å². The van der Waals surface area contributed by atoms with E-state index in [1.54, 1.807) is 0 Å². The highest BCUT2D eigenvalue weighted by Crippen LogP contribution is 2.32. The molecule has 1 aliphatic carbocycles. The zero-order valence-electron chi connectivity index (χ0n) is 14.0. The Morgan fingerprint density at radius 1 is 1.33 bits per heavy atom. The van der Waals surface area contributed by atoms with E-state index in [1.807, 2.05) is 0 Å². The number of ether oxygens (including phenoxy) is 1. The molecule has 1 aromatic carbocycles. The van der Waals surface area contributed by atoms with Crippen molar-refractivity contribution in [3.05, 3.63) is 29.3 Å². The van der Waals surface area contributed by atoms with Gasteiger partial charge in [-0.1, -0.05) is 39.2 Å². The lowest BCUT2D eigenvalue weighted by Crippen LogP contribution is -2.21. The number of nitrogens with one attached hydrogen (secondary N) is 1. The van der Waals surface area contributed by atoms with Gasteiger partial charge < -0.3 is 10.1 Å². The maximum Gasteiger partial charge on any atom is 0.119 e. The quantitative estimate of drug-likeness (QED) is 0.736. The lowest BCUT2D eigenvalue weighted by molar-refractivity contribution is 0.233. The van der Waals surface area contributed by atoms with Gasteiger partial charge in [-0.25, -0.2) is 0 Å². The Labute approximate surface area is 130 Å². The highest BCUT2D eigenvalue weighted by Gasteiger charge is 2.19. The molecule has 2 atom stereocenters. The molecule has 0 spiro atoms. The molecule has 118 valence electrons. The second kappa shape index (κ2) is 8.43. The SMILES string of the molecule is CCCCC(CC)COc1ccc2c(c1)CCCC2NC. The first-order valence-corrected chi connectivity index (χ1v) is 8.71. The van der Waals surface area contributed by atoms with Crippen LogP contribution in [-0.2, 0) is 6.42 Å². The van der Waals surface area contributed by atoms with Crippen LogP contribution in [0.15, 0.2) is 18.2 Å². The van der Waals surface area contributed by atoms with Crippen molar-refractivity contribution >= 4 is 0 Å². The third-order valence-corrected chi connectivity index (χ3v) is 4.81. The number of fused-ring (bicyclic) bond motifs is 1. The van der Waals surface area contributed by atoms with Gasteiger partial charge in [0.1, 0.15) is 5.75 Å². The van der Waals surface area contributed by atoms with Crippen LogP contribution in [0.1, 0.15) is 69.5 Å². The zero-order chi connectivity index (χ0) is 15.1. The fourth-order valence-corrected chi connectivity index (χ4v) is 3.29. The van der Waals surface area contributed by atoms with Crippen molar-refractivity contribution in [2.75, 3.05) is 13.7 Å². The van der Waals surface area contributed by atoms with Crippen molar-refractivity contribution in [1.82, 2.24) is 5.32 Å². The van der Waals surface area contributed by atoms with Gasteiger partial charge in [-0.2, -0.15) is 0 Å². The van der Waals surface area contributed by atoms with Crippen LogP contribution in [0.25, 0.3) is 0 Å². The van der Waals surface area contributed by atoms with E-state index in [9.17, 15) is 0 Å². The van der Waals surface area contributed by atoms with E-state index in [2.05, 4.69) is 44.4 Å². The summed E-state index contributed by atoms with van der Waals surface area (Å²) in [6, 6.07) is 7.21. The lowest BCUT2D eigenvalue weighted by Gasteiger charge is -2.26. The number of unbranched alkanes of at least 4 members (excludes halogenated alkanes) is 1. The van der Waals surface area contributed by atoms with Crippen molar-refractivity contribution in [1.29, 1.82) is 0 Å². The minimum Gasteiger partial charge on any atom is -0.493 e. The lowest BCUT2D eigenvalue weighted by atomic mass is 9.87. The standard InChI is InChI=1S/C19H31NO/c1-4-6-8-15(5-2)14-21-17-11-12-18-16(13-17)9-7-10-19(18)20-3/h11-13,15,19-20H,4-10,14H2,1-3H3. The van der Waals surface area contributed by atoms with Crippen LogP contribution >= 0.6 is 0 Å². The molecule has 0 saturated carbocycles. The molecule has 21 heavy (non-hydrogen) atoms. The Balaban J connectivity index is 1.95. The summed E-state index contributed by atoms with van der Waals surface area (Å²) in [6.45, 7) is 5.40. The number of hydrogen-bond donors (Lipinski definition) is 1. The van der Waals surface area contributed by atoms with E-state index in [1.165, 1.54) is 56.1 Å². The Kier molecular flexibility index (Phi) is 6.56. The van der Waals surface area contributed by atoms with Gasteiger partial charge in [0.25, 0.3) is 0 Å².